The Balaban J connectivity index is 1.58. The molecule has 2 aromatic heterocycles. The lowest BCUT2D eigenvalue weighted by Gasteiger charge is -2.23. The minimum atomic E-state index is -3.62. The largest absolute Gasteiger partial charge is 0.285 e. The summed E-state index contributed by atoms with van der Waals surface area (Å²) in [7, 11) is -3.62. The molecule has 0 amide bonds. The van der Waals surface area contributed by atoms with Gasteiger partial charge in [0.15, 0.2) is 11.5 Å². The van der Waals surface area contributed by atoms with Crippen molar-refractivity contribution in [3.05, 3.63) is 72.7 Å². The fourth-order valence-corrected chi connectivity index (χ4v) is 5.53. The van der Waals surface area contributed by atoms with Gasteiger partial charge in [0.2, 0.25) is 10.0 Å². The summed E-state index contributed by atoms with van der Waals surface area (Å²) in [5.74, 6) is 0.674. The minimum absolute atomic E-state index is 0.307. The van der Waals surface area contributed by atoms with Crippen molar-refractivity contribution in [1.82, 2.24) is 18.9 Å². The molecule has 0 spiro atoms. The van der Waals surface area contributed by atoms with Crippen LogP contribution in [-0.2, 0) is 10.0 Å². The summed E-state index contributed by atoms with van der Waals surface area (Å²) < 4.78 is 30.2. The van der Waals surface area contributed by atoms with E-state index in [4.69, 9.17) is 0 Å². The van der Waals surface area contributed by atoms with Gasteiger partial charge in [-0.25, -0.2) is 8.42 Å². The zero-order chi connectivity index (χ0) is 18.4. The van der Waals surface area contributed by atoms with Crippen molar-refractivity contribution in [2.24, 2.45) is 0 Å². The van der Waals surface area contributed by atoms with Gasteiger partial charge in [-0.15, -0.1) is 10.2 Å². The molecule has 1 fully saturated rings. The molecule has 0 bridgehead atoms. The Labute approximate surface area is 157 Å². The van der Waals surface area contributed by atoms with Gasteiger partial charge in [-0.2, -0.15) is 4.31 Å². The Kier molecular flexibility index (Phi) is 3.73. The van der Waals surface area contributed by atoms with Crippen LogP contribution in [0.25, 0.3) is 16.4 Å². The van der Waals surface area contributed by atoms with Crippen molar-refractivity contribution in [1.29, 1.82) is 0 Å². The lowest BCUT2D eigenvalue weighted by Crippen LogP contribution is -2.31. The molecular weight excluding hydrogens is 360 g/mol. The molecule has 1 atom stereocenters. The summed E-state index contributed by atoms with van der Waals surface area (Å²) >= 11 is 0. The Morgan fingerprint density at radius 3 is 2.63 bits per heavy atom. The van der Waals surface area contributed by atoms with Gasteiger partial charge in [0.1, 0.15) is 0 Å². The maximum Gasteiger partial charge on any atom is 0.243 e. The van der Waals surface area contributed by atoms with Crippen LogP contribution in [0.4, 0.5) is 0 Å². The zero-order valence-electron chi connectivity index (χ0n) is 14.6. The molecule has 0 radical (unpaired) electrons. The van der Waals surface area contributed by atoms with E-state index in [1.807, 2.05) is 59.1 Å². The molecule has 2 aromatic carbocycles. The third-order valence-corrected chi connectivity index (χ3v) is 7.07. The van der Waals surface area contributed by atoms with Crippen LogP contribution in [0, 0.1) is 0 Å². The molecule has 3 heterocycles. The predicted molar refractivity (Wildman–Crippen MR) is 103 cm³/mol. The molecule has 1 aliphatic heterocycles. The third-order valence-electron chi connectivity index (χ3n) is 5.17. The van der Waals surface area contributed by atoms with Crippen molar-refractivity contribution in [3.63, 3.8) is 0 Å². The second-order valence-electron chi connectivity index (χ2n) is 6.77. The Bertz CT molecular complexity index is 1250. The molecule has 7 heteroatoms. The fourth-order valence-electron chi connectivity index (χ4n) is 3.84. The normalized spacial score (nSPS) is 18.4. The number of nitrogens with zero attached hydrogens (tertiary/aromatic N) is 4. The number of hydrogen-bond acceptors (Lipinski definition) is 4. The number of pyridine rings is 1. The monoisotopic (exact) mass is 378 g/mol. The minimum Gasteiger partial charge on any atom is -0.285 e. The molecule has 0 aliphatic carbocycles. The zero-order valence-corrected chi connectivity index (χ0v) is 15.4. The highest BCUT2D eigenvalue weighted by molar-refractivity contribution is 7.89. The average molecular weight is 378 g/mol. The summed E-state index contributed by atoms with van der Waals surface area (Å²) in [5, 5.41) is 10.4. The third kappa shape index (κ3) is 2.62. The van der Waals surface area contributed by atoms with Crippen molar-refractivity contribution in [2.75, 3.05) is 6.54 Å². The molecule has 0 unspecified atom stereocenters. The highest BCUT2D eigenvalue weighted by Crippen LogP contribution is 2.36. The maximum absolute atomic E-state index is 13.4. The summed E-state index contributed by atoms with van der Waals surface area (Å²) in [4.78, 5) is 0.321. The van der Waals surface area contributed by atoms with Gasteiger partial charge in [0.05, 0.1) is 10.9 Å². The van der Waals surface area contributed by atoms with E-state index in [2.05, 4.69) is 10.2 Å². The first kappa shape index (κ1) is 16.4. The molecule has 4 aromatic rings. The topological polar surface area (TPSA) is 67.6 Å². The fraction of sp³-hybridized carbons (Fsp3) is 0.200. The second-order valence-corrected chi connectivity index (χ2v) is 8.66. The van der Waals surface area contributed by atoms with E-state index >= 15 is 0 Å². The summed E-state index contributed by atoms with van der Waals surface area (Å²) in [6, 6.07) is 18.4. The van der Waals surface area contributed by atoms with Crippen LogP contribution in [0.3, 0.4) is 0 Å². The number of sulfonamides is 1. The maximum atomic E-state index is 13.4. The van der Waals surface area contributed by atoms with Gasteiger partial charge in [-0.3, -0.25) is 4.40 Å². The Morgan fingerprint density at radius 1 is 0.926 bits per heavy atom. The lowest BCUT2D eigenvalue weighted by molar-refractivity contribution is 0.381. The number of hydrogen-bond donors (Lipinski definition) is 0. The van der Waals surface area contributed by atoms with Crippen molar-refractivity contribution in [2.45, 2.75) is 23.8 Å². The highest BCUT2D eigenvalue weighted by Gasteiger charge is 2.38. The van der Waals surface area contributed by atoms with Gasteiger partial charge in [0, 0.05) is 12.7 Å². The molecule has 136 valence electrons. The first-order valence-corrected chi connectivity index (χ1v) is 10.4. The highest BCUT2D eigenvalue weighted by atomic mass is 32.2. The van der Waals surface area contributed by atoms with E-state index in [1.54, 1.807) is 16.4 Å². The summed E-state index contributed by atoms with van der Waals surface area (Å²) in [5.41, 5.74) is 0.724. The van der Waals surface area contributed by atoms with Crippen LogP contribution in [0.1, 0.15) is 24.7 Å². The van der Waals surface area contributed by atoms with Crippen molar-refractivity contribution in [3.8, 4) is 0 Å². The molecule has 1 aliphatic rings. The van der Waals surface area contributed by atoms with E-state index in [9.17, 15) is 8.42 Å². The summed E-state index contributed by atoms with van der Waals surface area (Å²) in [6.45, 7) is 0.488. The molecule has 27 heavy (non-hydrogen) atoms. The lowest BCUT2D eigenvalue weighted by atomic mass is 10.1. The van der Waals surface area contributed by atoms with E-state index in [0.717, 1.165) is 29.3 Å². The predicted octanol–water partition coefficient (Wildman–Crippen LogP) is 3.41. The first-order chi connectivity index (χ1) is 13.1. The molecule has 6 nitrogen and oxygen atoms in total. The van der Waals surface area contributed by atoms with Crippen LogP contribution >= 0.6 is 0 Å². The van der Waals surface area contributed by atoms with Gasteiger partial charge < -0.3 is 0 Å². The summed E-state index contributed by atoms with van der Waals surface area (Å²) in [6.07, 6.45) is 3.42. The molecule has 5 rings (SSSR count). The molecule has 0 N–H and O–H groups in total. The number of fused-ring (bicyclic) bond motifs is 2. The SMILES string of the molecule is O=S(=O)(c1ccc2ccccc2c1)N1CCC[C@H]1c1nnc2ccccn12. The van der Waals surface area contributed by atoms with Crippen LogP contribution in [0.15, 0.2) is 71.8 Å². The van der Waals surface area contributed by atoms with Gasteiger partial charge in [0.25, 0.3) is 0 Å². The second kappa shape index (κ2) is 6.14. The van der Waals surface area contributed by atoms with E-state index in [1.165, 1.54) is 0 Å². The smallest absolute Gasteiger partial charge is 0.243 e. The van der Waals surface area contributed by atoms with Crippen molar-refractivity contribution < 1.29 is 8.42 Å². The quantitative estimate of drug-likeness (QED) is 0.548. The Morgan fingerprint density at radius 2 is 1.74 bits per heavy atom. The van der Waals surface area contributed by atoms with E-state index < -0.39 is 10.0 Å². The van der Waals surface area contributed by atoms with Crippen molar-refractivity contribution >= 4 is 26.4 Å². The Hall–Kier alpha value is -2.77. The van der Waals surface area contributed by atoms with Gasteiger partial charge >= 0.3 is 0 Å². The van der Waals surface area contributed by atoms with Gasteiger partial charge in [-0.1, -0.05) is 36.4 Å². The number of rotatable bonds is 3. The van der Waals surface area contributed by atoms with Crippen LogP contribution < -0.4 is 0 Å². The molecular formula is C20H18N4O2S. The van der Waals surface area contributed by atoms with E-state index in [0.29, 0.717) is 17.3 Å². The van der Waals surface area contributed by atoms with Crippen LogP contribution in [0.5, 0.6) is 0 Å². The average Bonchev–Trinajstić information content (AvgIpc) is 3.34. The van der Waals surface area contributed by atoms with Crippen LogP contribution in [-0.4, -0.2) is 33.9 Å². The van der Waals surface area contributed by atoms with Gasteiger partial charge in [-0.05, 0) is 47.9 Å². The van der Waals surface area contributed by atoms with Crippen LogP contribution in [0.2, 0.25) is 0 Å². The van der Waals surface area contributed by atoms with E-state index in [-0.39, 0.29) is 6.04 Å². The number of aromatic nitrogens is 3. The standard InChI is InChI=1S/C20H18N4O2S/c25-27(26,17-11-10-15-6-1-2-7-16(15)14-17)24-13-5-8-18(24)20-22-21-19-9-3-4-12-23(19)20/h1-4,6-7,9-12,14,18H,5,8,13H2/t18-/m0/s1. The number of benzene rings is 2. The molecule has 1 saturated heterocycles. The first-order valence-electron chi connectivity index (χ1n) is 8.95. The molecule has 0 saturated carbocycles.